The van der Waals surface area contributed by atoms with E-state index >= 15 is 0 Å². The molecular weight excluding hydrogens is 336 g/mol. The number of rotatable bonds is 4. The number of ether oxygens (including phenoxy) is 1. The summed E-state index contributed by atoms with van der Waals surface area (Å²) in [5.41, 5.74) is 2.31. The minimum Gasteiger partial charge on any atom is -0.380 e. The molecule has 19 heavy (non-hydrogen) atoms. The molecule has 1 aliphatic heterocycles. The molecule has 0 saturated carbocycles. The number of nitrogen functional groups attached to an aromatic ring is 1. The van der Waals surface area contributed by atoms with Crippen LogP contribution in [0.3, 0.4) is 0 Å². The normalized spacial score (nSPS) is 20.7. The topological polar surface area (TPSA) is 97.5 Å². The van der Waals surface area contributed by atoms with Gasteiger partial charge >= 0.3 is 0 Å². The predicted molar refractivity (Wildman–Crippen MR) is 73.9 cm³/mol. The first-order valence-electron chi connectivity index (χ1n) is 5.64. The van der Waals surface area contributed by atoms with Crippen LogP contribution in [0.5, 0.6) is 0 Å². The van der Waals surface area contributed by atoms with Crippen molar-refractivity contribution >= 4 is 31.8 Å². The van der Waals surface area contributed by atoms with E-state index in [1.807, 2.05) is 0 Å². The molecule has 1 unspecified atom stereocenters. The van der Waals surface area contributed by atoms with Gasteiger partial charge in [-0.15, -0.1) is 0 Å². The summed E-state index contributed by atoms with van der Waals surface area (Å²) in [5, 5.41) is 0. The number of nitrogens with two attached hydrogens (primary N) is 1. The van der Waals surface area contributed by atoms with Gasteiger partial charge in [-0.25, -0.2) is 19.2 Å². The lowest BCUT2D eigenvalue weighted by atomic mass is 10.3. The number of pyridine rings is 1. The van der Waals surface area contributed by atoms with Crippen molar-refractivity contribution in [2.24, 2.45) is 5.84 Å². The SMILES string of the molecule is COC1CCN(S(=O)(=O)c2cc(Br)cnc2NN)C1. The zero-order chi connectivity index (χ0) is 14.0. The van der Waals surface area contributed by atoms with Gasteiger partial charge in [0.15, 0.2) is 5.82 Å². The molecule has 0 amide bonds. The Hall–Kier alpha value is -0.740. The van der Waals surface area contributed by atoms with Crippen LogP contribution in [0.4, 0.5) is 5.82 Å². The number of methoxy groups -OCH3 is 1. The summed E-state index contributed by atoms with van der Waals surface area (Å²) >= 11 is 3.21. The maximum atomic E-state index is 12.5. The molecule has 2 rings (SSSR count). The molecule has 3 N–H and O–H groups in total. The lowest BCUT2D eigenvalue weighted by Gasteiger charge is -2.18. The van der Waals surface area contributed by atoms with Crippen LogP contribution in [-0.4, -0.2) is 44.0 Å². The molecule has 1 aromatic heterocycles. The molecule has 0 spiro atoms. The van der Waals surface area contributed by atoms with Crippen LogP contribution in [0.15, 0.2) is 21.6 Å². The molecular formula is C10H15BrN4O3S. The van der Waals surface area contributed by atoms with Crippen molar-refractivity contribution < 1.29 is 13.2 Å². The van der Waals surface area contributed by atoms with Gasteiger partial charge in [-0.2, -0.15) is 4.31 Å². The average Bonchev–Trinajstić information content (AvgIpc) is 2.88. The van der Waals surface area contributed by atoms with Gasteiger partial charge in [-0.1, -0.05) is 0 Å². The minimum atomic E-state index is -3.63. The highest BCUT2D eigenvalue weighted by Gasteiger charge is 2.34. The highest BCUT2D eigenvalue weighted by Crippen LogP contribution is 2.28. The quantitative estimate of drug-likeness (QED) is 0.607. The van der Waals surface area contributed by atoms with Crippen molar-refractivity contribution in [1.82, 2.24) is 9.29 Å². The molecule has 1 aromatic rings. The van der Waals surface area contributed by atoms with Crippen LogP contribution < -0.4 is 11.3 Å². The van der Waals surface area contributed by atoms with E-state index in [-0.39, 0.29) is 16.8 Å². The summed E-state index contributed by atoms with van der Waals surface area (Å²) in [6.07, 6.45) is 2.10. The van der Waals surface area contributed by atoms with E-state index in [4.69, 9.17) is 10.6 Å². The maximum Gasteiger partial charge on any atom is 0.246 e. The Morgan fingerprint density at radius 3 is 2.95 bits per heavy atom. The number of aromatic nitrogens is 1. The maximum absolute atomic E-state index is 12.5. The summed E-state index contributed by atoms with van der Waals surface area (Å²) in [7, 11) is -2.05. The molecule has 1 aliphatic rings. The molecule has 9 heteroatoms. The number of hydrogen-bond acceptors (Lipinski definition) is 6. The van der Waals surface area contributed by atoms with Crippen molar-refractivity contribution in [3.63, 3.8) is 0 Å². The summed E-state index contributed by atoms with van der Waals surface area (Å²) in [4.78, 5) is 4.01. The average molecular weight is 351 g/mol. The first-order valence-corrected chi connectivity index (χ1v) is 7.87. The third-order valence-electron chi connectivity index (χ3n) is 3.01. The van der Waals surface area contributed by atoms with Gasteiger partial charge in [0, 0.05) is 30.9 Å². The molecule has 0 aliphatic carbocycles. The predicted octanol–water partition coefficient (Wildman–Crippen LogP) is 0.539. The number of anilines is 1. The second-order valence-electron chi connectivity index (χ2n) is 4.15. The van der Waals surface area contributed by atoms with Crippen molar-refractivity contribution in [2.45, 2.75) is 17.4 Å². The Morgan fingerprint density at radius 1 is 1.63 bits per heavy atom. The zero-order valence-corrected chi connectivity index (χ0v) is 12.7. The fraction of sp³-hybridized carbons (Fsp3) is 0.500. The second-order valence-corrected chi connectivity index (χ2v) is 6.98. The number of hydrazine groups is 1. The number of hydrogen-bond donors (Lipinski definition) is 2. The van der Waals surface area contributed by atoms with Gasteiger partial charge in [0.05, 0.1) is 6.10 Å². The molecule has 1 fully saturated rings. The highest BCUT2D eigenvalue weighted by atomic mass is 79.9. The molecule has 2 heterocycles. The minimum absolute atomic E-state index is 0.0566. The van der Waals surface area contributed by atoms with Crippen molar-refractivity contribution in [3.8, 4) is 0 Å². The van der Waals surface area contributed by atoms with Gasteiger partial charge < -0.3 is 10.2 Å². The Labute approximate surface area is 120 Å². The summed E-state index contributed by atoms with van der Waals surface area (Å²) < 4.78 is 32.2. The zero-order valence-electron chi connectivity index (χ0n) is 10.3. The van der Waals surface area contributed by atoms with E-state index < -0.39 is 10.0 Å². The number of sulfonamides is 1. The fourth-order valence-corrected chi connectivity index (χ4v) is 4.07. The monoisotopic (exact) mass is 350 g/mol. The van der Waals surface area contributed by atoms with Crippen LogP contribution >= 0.6 is 15.9 Å². The van der Waals surface area contributed by atoms with Crippen LogP contribution in [0.1, 0.15) is 6.42 Å². The largest absolute Gasteiger partial charge is 0.380 e. The third kappa shape index (κ3) is 2.90. The summed E-state index contributed by atoms with van der Waals surface area (Å²) in [6, 6.07) is 1.48. The Balaban J connectivity index is 2.37. The fourth-order valence-electron chi connectivity index (χ4n) is 1.97. The van der Waals surface area contributed by atoms with E-state index in [1.54, 1.807) is 7.11 Å². The Morgan fingerprint density at radius 2 is 2.37 bits per heavy atom. The third-order valence-corrected chi connectivity index (χ3v) is 5.33. The van der Waals surface area contributed by atoms with Gasteiger partial charge in [-0.05, 0) is 28.4 Å². The standard InChI is InChI=1S/C10H15BrN4O3S/c1-18-8-2-3-15(6-8)19(16,17)9-4-7(11)5-13-10(9)14-12/h4-5,8H,2-3,6,12H2,1H3,(H,13,14). The second kappa shape index (κ2) is 5.71. The molecule has 1 saturated heterocycles. The van der Waals surface area contributed by atoms with E-state index in [9.17, 15) is 8.42 Å². The van der Waals surface area contributed by atoms with Gasteiger partial charge in [0.1, 0.15) is 4.90 Å². The Kier molecular flexibility index (Phi) is 4.41. The summed E-state index contributed by atoms with van der Waals surface area (Å²) in [6.45, 7) is 0.771. The highest BCUT2D eigenvalue weighted by molar-refractivity contribution is 9.10. The van der Waals surface area contributed by atoms with E-state index in [0.717, 1.165) is 0 Å². The van der Waals surface area contributed by atoms with Gasteiger partial charge in [-0.3, -0.25) is 0 Å². The van der Waals surface area contributed by atoms with Crippen LogP contribution in [-0.2, 0) is 14.8 Å². The van der Waals surface area contributed by atoms with Crippen LogP contribution in [0.25, 0.3) is 0 Å². The van der Waals surface area contributed by atoms with E-state index in [2.05, 4.69) is 26.3 Å². The molecule has 0 bridgehead atoms. The van der Waals surface area contributed by atoms with Crippen molar-refractivity contribution in [2.75, 3.05) is 25.6 Å². The molecule has 1 atom stereocenters. The first kappa shape index (κ1) is 14.7. The lowest BCUT2D eigenvalue weighted by molar-refractivity contribution is 0.115. The van der Waals surface area contributed by atoms with Gasteiger partial charge in [0.2, 0.25) is 10.0 Å². The van der Waals surface area contributed by atoms with E-state index in [0.29, 0.717) is 24.0 Å². The molecule has 0 aromatic carbocycles. The molecule has 7 nitrogen and oxygen atoms in total. The number of nitrogens with zero attached hydrogens (tertiary/aromatic N) is 2. The first-order chi connectivity index (χ1) is 8.98. The van der Waals surface area contributed by atoms with Crippen LogP contribution in [0.2, 0.25) is 0 Å². The molecule has 106 valence electrons. The van der Waals surface area contributed by atoms with Crippen LogP contribution in [0, 0.1) is 0 Å². The summed E-state index contributed by atoms with van der Waals surface area (Å²) in [5.74, 6) is 5.44. The van der Waals surface area contributed by atoms with Gasteiger partial charge in [0.25, 0.3) is 0 Å². The Bertz CT molecular complexity index is 566. The van der Waals surface area contributed by atoms with Crippen molar-refractivity contribution in [1.29, 1.82) is 0 Å². The number of nitrogens with one attached hydrogen (secondary N) is 1. The lowest BCUT2D eigenvalue weighted by Crippen LogP contribution is -2.31. The molecule has 0 radical (unpaired) electrons. The van der Waals surface area contributed by atoms with Crippen molar-refractivity contribution in [3.05, 3.63) is 16.7 Å². The number of halogens is 1. The smallest absolute Gasteiger partial charge is 0.246 e. The van der Waals surface area contributed by atoms with E-state index in [1.165, 1.54) is 16.6 Å².